The lowest BCUT2D eigenvalue weighted by molar-refractivity contribution is 0.100. The number of hydrogen-bond donors (Lipinski definition) is 2. The van der Waals surface area contributed by atoms with E-state index in [1.54, 1.807) is 6.07 Å². The highest BCUT2D eigenvalue weighted by molar-refractivity contribution is 7.14. The summed E-state index contributed by atoms with van der Waals surface area (Å²) in [7, 11) is 0. The zero-order valence-electron chi connectivity index (χ0n) is 13.7. The Kier molecular flexibility index (Phi) is 4.28. The van der Waals surface area contributed by atoms with Gasteiger partial charge >= 0.3 is 0 Å². The van der Waals surface area contributed by atoms with Crippen molar-refractivity contribution in [3.8, 4) is 21.6 Å². The molecule has 0 radical (unpaired) electrons. The van der Waals surface area contributed by atoms with Crippen molar-refractivity contribution >= 4 is 17.2 Å². The molecule has 2 aromatic carbocycles. The lowest BCUT2D eigenvalue weighted by Gasteiger charge is -2.06. The predicted molar refractivity (Wildman–Crippen MR) is 101 cm³/mol. The summed E-state index contributed by atoms with van der Waals surface area (Å²) in [6, 6.07) is 18.1. The Labute approximate surface area is 153 Å². The summed E-state index contributed by atoms with van der Waals surface area (Å²) in [5.74, 6) is 0.258. The summed E-state index contributed by atoms with van der Waals surface area (Å²) in [5, 5.41) is 15.9. The lowest BCUT2D eigenvalue weighted by Crippen LogP contribution is -2.10. The topological polar surface area (TPSA) is 97.5 Å². The Morgan fingerprint density at radius 3 is 2.58 bits per heavy atom. The Morgan fingerprint density at radius 2 is 1.85 bits per heavy atom. The van der Waals surface area contributed by atoms with E-state index in [-0.39, 0.29) is 0 Å². The van der Waals surface area contributed by atoms with Crippen LogP contribution in [-0.4, -0.2) is 26.5 Å². The van der Waals surface area contributed by atoms with E-state index in [2.05, 4.69) is 32.8 Å². The molecular weight excluding hydrogens is 346 g/mol. The Morgan fingerprint density at radius 1 is 1.04 bits per heavy atom. The number of aromatic nitrogens is 4. The van der Waals surface area contributed by atoms with Crippen molar-refractivity contribution in [1.82, 2.24) is 20.6 Å². The van der Waals surface area contributed by atoms with Gasteiger partial charge in [-0.25, -0.2) is 0 Å². The minimum Gasteiger partial charge on any atom is -0.366 e. The van der Waals surface area contributed by atoms with Gasteiger partial charge in [0.15, 0.2) is 5.82 Å². The Bertz CT molecular complexity index is 1040. The first-order valence-corrected chi connectivity index (χ1v) is 8.88. The second-order valence-corrected chi connectivity index (χ2v) is 6.73. The Balaban J connectivity index is 1.61. The first kappa shape index (κ1) is 16.2. The van der Waals surface area contributed by atoms with Crippen LogP contribution in [0.15, 0.2) is 60.0 Å². The van der Waals surface area contributed by atoms with E-state index in [1.807, 2.05) is 41.8 Å². The van der Waals surface area contributed by atoms with Crippen LogP contribution in [0.25, 0.3) is 21.6 Å². The molecule has 4 rings (SSSR count). The van der Waals surface area contributed by atoms with Crippen molar-refractivity contribution in [2.45, 2.75) is 6.42 Å². The Hall–Kier alpha value is -3.32. The van der Waals surface area contributed by atoms with Gasteiger partial charge in [0, 0.05) is 11.3 Å². The third-order valence-electron chi connectivity index (χ3n) is 4.09. The van der Waals surface area contributed by atoms with E-state index in [1.165, 1.54) is 11.3 Å². The fourth-order valence-electron chi connectivity index (χ4n) is 2.84. The number of nitrogens with zero attached hydrogens (tertiary/aromatic N) is 3. The minimum atomic E-state index is -0.403. The molecule has 2 aromatic heterocycles. The van der Waals surface area contributed by atoms with Gasteiger partial charge in [0.05, 0.1) is 5.56 Å². The molecule has 26 heavy (non-hydrogen) atoms. The molecule has 0 unspecified atom stereocenters. The summed E-state index contributed by atoms with van der Waals surface area (Å²) >= 11 is 1.51. The van der Waals surface area contributed by atoms with Crippen LogP contribution in [0, 0.1) is 0 Å². The molecule has 0 bridgehead atoms. The van der Waals surface area contributed by atoms with Crippen molar-refractivity contribution in [1.29, 1.82) is 0 Å². The predicted octanol–water partition coefficient (Wildman–Crippen LogP) is 3.28. The number of primary amides is 1. The van der Waals surface area contributed by atoms with Gasteiger partial charge in [-0.2, -0.15) is 5.21 Å². The van der Waals surface area contributed by atoms with E-state index in [9.17, 15) is 4.79 Å². The third-order valence-corrected chi connectivity index (χ3v) is 5.05. The van der Waals surface area contributed by atoms with Crippen LogP contribution in [0.3, 0.4) is 0 Å². The first-order valence-electron chi connectivity index (χ1n) is 8.00. The molecule has 4 aromatic rings. The molecule has 0 spiro atoms. The summed E-state index contributed by atoms with van der Waals surface area (Å²) in [4.78, 5) is 12.4. The number of hydrogen-bond acceptors (Lipinski definition) is 5. The fourth-order valence-corrected chi connectivity index (χ4v) is 3.75. The molecule has 0 atom stereocenters. The first-order chi connectivity index (χ1) is 12.7. The van der Waals surface area contributed by atoms with E-state index >= 15 is 0 Å². The monoisotopic (exact) mass is 361 g/mol. The lowest BCUT2D eigenvalue weighted by atomic mass is 9.99. The van der Waals surface area contributed by atoms with Crippen molar-refractivity contribution in [3.63, 3.8) is 0 Å². The molecule has 0 fully saturated rings. The molecule has 0 aliphatic heterocycles. The minimum absolute atomic E-state index is 0.403. The van der Waals surface area contributed by atoms with Gasteiger partial charge in [-0.1, -0.05) is 53.7 Å². The van der Waals surface area contributed by atoms with Gasteiger partial charge in [-0.05, 0) is 33.7 Å². The van der Waals surface area contributed by atoms with Crippen molar-refractivity contribution in [2.75, 3.05) is 0 Å². The number of nitrogens with two attached hydrogens (primary N) is 1. The number of tetrazole rings is 1. The average molecular weight is 361 g/mol. The second-order valence-electron chi connectivity index (χ2n) is 5.81. The summed E-state index contributed by atoms with van der Waals surface area (Å²) in [5.41, 5.74) is 10.3. The molecule has 128 valence electrons. The molecule has 2 heterocycles. The van der Waals surface area contributed by atoms with Crippen molar-refractivity contribution < 1.29 is 4.79 Å². The largest absolute Gasteiger partial charge is 0.366 e. The normalized spacial score (nSPS) is 10.8. The number of aromatic amines is 1. The number of thiophene rings is 1. The number of amides is 1. The molecule has 3 N–H and O–H groups in total. The smallest absolute Gasteiger partial charge is 0.250 e. The molecule has 0 saturated carbocycles. The van der Waals surface area contributed by atoms with Crippen LogP contribution in [0.1, 0.15) is 21.7 Å². The van der Waals surface area contributed by atoms with E-state index in [4.69, 9.17) is 5.73 Å². The van der Waals surface area contributed by atoms with Crippen LogP contribution in [0.2, 0.25) is 0 Å². The fraction of sp³-hybridized carbons (Fsp3) is 0.0526. The SMILES string of the molecule is NC(=O)c1ccsc1-c1ccc(-c2cccc(Cc3nn[nH]n3)c2)cc1. The summed E-state index contributed by atoms with van der Waals surface area (Å²) in [6.07, 6.45) is 0.625. The highest BCUT2D eigenvalue weighted by Crippen LogP contribution is 2.31. The molecule has 6 nitrogen and oxygen atoms in total. The van der Waals surface area contributed by atoms with Gasteiger partial charge in [0.25, 0.3) is 0 Å². The molecular formula is C19H15N5OS. The van der Waals surface area contributed by atoms with Crippen LogP contribution in [0.4, 0.5) is 0 Å². The summed E-state index contributed by atoms with van der Waals surface area (Å²) in [6.45, 7) is 0. The van der Waals surface area contributed by atoms with E-state index in [0.717, 1.165) is 27.1 Å². The van der Waals surface area contributed by atoms with Gasteiger partial charge in [0.1, 0.15) is 0 Å². The zero-order valence-corrected chi connectivity index (χ0v) is 14.5. The molecule has 0 aliphatic carbocycles. The van der Waals surface area contributed by atoms with E-state index in [0.29, 0.717) is 17.8 Å². The van der Waals surface area contributed by atoms with Crippen LogP contribution in [0.5, 0.6) is 0 Å². The molecule has 0 saturated heterocycles. The average Bonchev–Trinajstić information content (AvgIpc) is 3.34. The maximum atomic E-state index is 11.5. The maximum absolute atomic E-state index is 11.5. The molecule has 7 heteroatoms. The number of nitrogens with one attached hydrogen (secondary N) is 1. The number of rotatable bonds is 5. The van der Waals surface area contributed by atoms with Gasteiger partial charge in [-0.15, -0.1) is 21.5 Å². The third kappa shape index (κ3) is 3.25. The quantitative estimate of drug-likeness (QED) is 0.570. The maximum Gasteiger partial charge on any atom is 0.250 e. The summed E-state index contributed by atoms with van der Waals surface area (Å²) < 4.78 is 0. The number of carbonyl (C=O) groups excluding carboxylic acids is 1. The number of carbonyl (C=O) groups is 1. The van der Waals surface area contributed by atoms with E-state index < -0.39 is 5.91 Å². The number of H-pyrrole nitrogens is 1. The number of benzene rings is 2. The van der Waals surface area contributed by atoms with Gasteiger partial charge in [0.2, 0.25) is 5.91 Å². The highest BCUT2D eigenvalue weighted by atomic mass is 32.1. The molecule has 1 amide bonds. The van der Waals surface area contributed by atoms with Gasteiger partial charge in [-0.3, -0.25) is 4.79 Å². The van der Waals surface area contributed by atoms with Gasteiger partial charge < -0.3 is 5.73 Å². The molecule has 0 aliphatic rings. The van der Waals surface area contributed by atoms with Crippen LogP contribution in [-0.2, 0) is 6.42 Å². The highest BCUT2D eigenvalue weighted by Gasteiger charge is 2.11. The standard InChI is InChI=1S/C19H15N5OS/c20-19(25)16-8-9-26-18(16)14-6-4-13(5-7-14)15-3-1-2-12(10-15)11-17-21-23-24-22-17/h1-10H,11H2,(H2,20,25)(H,21,22,23,24). The second kappa shape index (κ2) is 6.89. The van der Waals surface area contributed by atoms with Crippen LogP contribution < -0.4 is 5.73 Å². The van der Waals surface area contributed by atoms with Crippen molar-refractivity contribution in [3.05, 3.63) is 76.9 Å². The van der Waals surface area contributed by atoms with Crippen molar-refractivity contribution in [2.24, 2.45) is 5.73 Å². The zero-order chi connectivity index (χ0) is 17.9. The van der Waals surface area contributed by atoms with Crippen LogP contribution >= 0.6 is 11.3 Å².